The smallest absolute Gasteiger partial charge is 0.235 e. The minimum atomic E-state index is -0.210. The number of hydrogen-bond acceptors (Lipinski definition) is 7. The van der Waals surface area contributed by atoms with Gasteiger partial charge in [0.25, 0.3) is 0 Å². The van der Waals surface area contributed by atoms with Crippen molar-refractivity contribution < 1.29 is 4.79 Å². The zero-order valence-corrected chi connectivity index (χ0v) is 17.5. The van der Waals surface area contributed by atoms with Crippen LogP contribution in [0.4, 0.5) is 5.69 Å². The van der Waals surface area contributed by atoms with E-state index >= 15 is 0 Å². The predicted molar refractivity (Wildman–Crippen MR) is 110 cm³/mol. The molecule has 3 rings (SSSR count). The van der Waals surface area contributed by atoms with Crippen LogP contribution in [0.25, 0.3) is 4.96 Å². The standard InChI is InChI=1S/C18H24N6OS2/c1-5-11(3)15(19)16-21-22-17-24(16)23-18(27-17)26-9-14(25)20-13-7-6-10(2)8-12(13)4/h6-8,11,15H,5,9,19H2,1-4H3,(H,20,25)/t11-,15-/m0/s1. The first-order chi connectivity index (χ1) is 12.9. The molecule has 7 nitrogen and oxygen atoms in total. The number of hydrogen-bond donors (Lipinski definition) is 2. The molecule has 0 spiro atoms. The van der Waals surface area contributed by atoms with E-state index in [1.807, 2.05) is 32.0 Å². The van der Waals surface area contributed by atoms with Crippen LogP contribution in [0.15, 0.2) is 22.5 Å². The monoisotopic (exact) mass is 404 g/mol. The number of nitrogens with two attached hydrogens (primary N) is 1. The van der Waals surface area contributed by atoms with Gasteiger partial charge in [-0.3, -0.25) is 4.79 Å². The largest absolute Gasteiger partial charge is 0.325 e. The Hall–Kier alpha value is -1.97. The third-order valence-corrected chi connectivity index (χ3v) is 6.57. The Morgan fingerprint density at radius 2 is 2.15 bits per heavy atom. The zero-order chi connectivity index (χ0) is 19.6. The first-order valence-electron chi connectivity index (χ1n) is 8.86. The van der Waals surface area contributed by atoms with Crippen LogP contribution in [-0.4, -0.2) is 31.5 Å². The van der Waals surface area contributed by atoms with Crippen LogP contribution in [0.3, 0.4) is 0 Å². The van der Waals surface area contributed by atoms with Crippen molar-refractivity contribution >= 4 is 39.7 Å². The van der Waals surface area contributed by atoms with Crippen LogP contribution >= 0.6 is 23.1 Å². The van der Waals surface area contributed by atoms with E-state index in [-0.39, 0.29) is 17.7 Å². The van der Waals surface area contributed by atoms with E-state index in [4.69, 9.17) is 5.73 Å². The Kier molecular flexibility index (Phi) is 6.13. The zero-order valence-electron chi connectivity index (χ0n) is 15.9. The fourth-order valence-corrected chi connectivity index (χ4v) is 4.34. The third kappa shape index (κ3) is 4.48. The Morgan fingerprint density at radius 3 is 2.85 bits per heavy atom. The molecule has 0 saturated heterocycles. The van der Waals surface area contributed by atoms with Crippen LogP contribution in [0.5, 0.6) is 0 Å². The van der Waals surface area contributed by atoms with Gasteiger partial charge < -0.3 is 11.1 Å². The van der Waals surface area contributed by atoms with E-state index in [9.17, 15) is 4.79 Å². The van der Waals surface area contributed by atoms with Gasteiger partial charge in [-0.1, -0.05) is 61.1 Å². The number of thioether (sulfide) groups is 1. The summed E-state index contributed by atoms with van der Waals surface area (Å²) >= 11 is 2.80. The fraction of sp³-hybridized carbons (Fsp3) is 0.444. The van der Waals surface area contributed by atoms with Gasteiger partial charge in [-0.15, -0.1) is 15.3 Å². The van der Waals surface area contributed by atoms with Crippen molar-refractivity contribution in [3.05, 3.63) is 35.2 Å². The summed E-state index contributed by atoms with van der Waals surface area (Å²) in [4.78, 5) is 13.0. The number of amides is 1. The van der Waals surface area contributed by atoms with E-state index in [0.29, 0.717) is 16.7 Å². The lowest BCUT2D eigenvalue weighted by molar-refractivity contribution is -0.113. The molecule has 3 N–H and O–H groups in total. The van der Waals surface area contributed by atoms with Crippen molar-refractivity contribution in [2.75, 3.05) is 11.1 Å². The highest BCUT2D eigenvalue weighted by Crippen LogP contribution is 2.28. The number of nitrogens with one attached hydrogen (secondary N) is 1. The number of rotatable bonds is 7. The Labute approximate surface area is 166 Å². The second kappa shape index (κ2) is 8.37. The lowest BCUT2D eigenvalue weighted by Crippen LogP contribution is -2.21. The summed E-state index contributed by atoms with van der Waals surface area (Å²) in [6, 6.07) is 5.76. The van der Waals surface area contributed by atoms with Gasteiger partial charge in [-0.2, -0.15) is 4.52 Å². The molecule has 9 heteroatoms. The molecule has 0 aliphatic carbocycles. The van der Waals surface area contributed by atoms with Gasteiger partial charge in [-0.25, -0.2) is 0 Å². The van der Waals surface area contributed by atoms with Gasteiger partial charge in [0.1, 0.15) is 0 Å². The highest BCUT2D eigenvalue weighted by molar-refractivity contribution is 8.01. The third-order valence-electron chi connectivity index (χ3n) is 4.53. The molecular weight excluding hydrogens is 380 g/mol. The molecule has 0 bridgehead atoms. The summed E-state index contributed by atoms with van der Waals surface area (Å²) in [5, 5.41) is 15.8. The van der Waals surface area contributed by atoms with Crippen LogP contribution in [0.1, 0.15) is 43.3 Å². The molecule has 3 aromatic rings. The van der Waals surface area contributed by atoms with Gasteiger partial charge in [0.05, 0.1) is 11.8 Å². The molecule has 1 aromatic carbocycles. The number of benzene rings is 1. The first kappa shape index (κ1) is 19.8. The normalized spacial score (nSPS) is 13.7. The molecule has 0 unspecified atom stereocenters. The van der Waals surface area contributed by atoms with Crippen LogP contribution in [0.2, 0.25) is 0 Å². The number of carbonyl (C=O) groups is 1. The summed E-state index contributed by atoms with van der Waals surface area (Å²) in [6.07, 6.45) is 0.959. The average Bonchev–Trinajstić information content (AvgIpc) is 3.21. The predicted octanol–water partition coefficient (Wildman–Crippen LogP) is 3.58. The van der Waals surface area contributed by atoms with E-state index in [0.717, 1.165) is 22.0 Å². The molecule has 2 heterocycles. The number of nitrogens with zero attached hydrogens (tertiary/aromatic N) is 4. The van der Waals surface area contributed by atoms with Crippen LogP contribution in [0, 0.1) is 19.8 Å². The minimum absolute atomic E-state index is 0.0607. The Bertz CT molecular complexity index is 951. The van der Waals surface area contributed by atoms with Gasteiger partial charge in [0.15, 0.2) is 10.2 Å². The molecule has 2 aromatic heterocycles. The van der Waals surface area contributed by atoms with Gasteiger partial charge in [-0.05, 0) is 31.4 Å². The van der Waals surface area contributed by atoms with Gasteiger partial charge >= 0.3 is 0 Å². The fourth-order valence-electron chi connectivity index (χ4n) is 2.66. The van der Waals surface area contributed by atoms with Crippen LogP contribution < -0.4 is 11.1 Å². The number of carbonyl (C=O) groups excluding carboxylic acids is 1. The van der Waals surface area contributed by atoms with Crippen molar-refractivity contribution in [2.24, 2.45) is 11.7 Å². The number of fused-ring (bicyclic) bond motifs is 1. The average molecular weight is 405 g/mol. The Morgan fingerprint density at radius 1 is 1.37 bits per heavy atom. The van der Waals surface area contributed by atoms with E-state index in [1.54, 1.807) is 4.52 Å². The maximum Gasteiger partial charge on any atom is 0.235 e. The second-order valence-electron chi connectivity index (χ2n) is 6.69. The van der Waals surface area contributed by atoms with Crippen molar-refractivity contribution in [1.29, 1.82) is 0 Å². The molecule has 0 fully saturated rings. The maximum absolute atomic E-state index is 12.3. The highest BCUT2D eigenvalue weighted by Gasteiger charge is 2.22. The molecule has 1 amide bonds. The molecule has 2 atom stereocenters. The Balaban J connectivity index is 1.65. The van der Waals surface area contributed by atoms with E-state index in [2.05, 4.69) is 34.5 Å². The summed E-state index contributed by atoms with van der Waals surface area (Å²) in [5.74, 6) is 1.18. The molecule has 144 valence electrons. The van der Waals surface area contributed by atoms with E-state index in [1.165, 1.54) is 28.7 Å². The minimum Gasteiger partial charge on any atom is -0.325 e. The number of aryl methyl sites for hydroxylation is 2. The second-order valence-corrected chi connectivity index (χ2v) is 8.87. The summed E-state index contributed by atoms with van der Waals surface area (Å²) < 4.78 is 2.47. The van der Waals surface area contributed by atoms with Gasteiger partial charge in [0.2, 0.25) is 10.9 Å². The topological polar surface area (TPSA) is 98.2 Å². The quantitative estimate of drug-likeness (QED) is 0.584. The molecule has 0 saturated carbocycles. The van der Waals surface area contributed by atoms with E-state index < -0.39 is 0 Å². The summed E-state index contributed by atoms with van der Waals surface area (Å²) in [6.45, 7) is 8.20. The van der Waals surface area contributed by atoms with Crippen molar-refractivity contribution in [3.63, 3.8) is 0 Å². The van der Waals surface area contributed by atoms with Crippen molar-refractivity contribution in [1.82, 2.24) is 19.8 Å². The molecule has 0 radical (unpaired) electrons. The van der Waals surface area contributed by atoms with Gasteiger partial charge in [0, 0.05) is 5.69 Å². The summed E-state index contributed by atoms with van der Waals surface area (Å²) in [5.41, 5.74) is 9.34. The maximum atomic E-state index is 12.3. The van der Waals surface area contributed by atoms with Crippen molar-refractivity contribution in [2.45, 2.75) is 44.5 Å². The summed E-state index contributed by atoms with van der Waals surface area (Å²) in [7, 11) is 0. The van der Waals surface area contributed by atoms with Crippen LogP contribution in [-0.2, 0) is 4.79 Å². The van der Waals surface area contributed by atoms with Crippen molar-refractivity contribution in [3.8, 4) is 0 Å². The number of aromatic nitrogens is 4. The molecule has 0 aliphatic heterocycles. The lowest BCUT2D eigenvalue weighted by Gasteiger charge is -2.15. The number of anilines is 1. The highest BCUT2D eigenvalue weighted by atomic mass is 32.2. The molecule has 0 aliphatic rings. The first-order valence-corrected chi connectivity index (χ1v) is 10.7. The lowest BCUT2D eigenvalue weighted by atomic mass is 10.00. The SMILES string of the molecule is CC[C@H](C)[C@H](N)c1nnc2sc(SCC(=O)Nc3ccc(C)cc3C)nn12. The molecule has 27 heavy (non-hydrogen) atoms. The molecular formula is C18H24N6OS2.